The number of hydrogen-bond acceptors (Lipinski definition) is 2. The zero-order valence-corrected chi connectivity index (χ0v) is 29.9. The van der Waals surface area contributed by atoms with E-state index in [4.69, 9.17) is 9.47 Å². The van der Waals surface area contributed by atoms with Crippen molar-refractivity contribution >= 4 is 17.0 Å². The molecule has 11 rings (SSSR count). The van der Waals surface area contributed by atoms with Gasteiger partial charge in [0, 0.05) is 45.9 Å². The zero-order valence-electron chi connectivity index (χ0n) is 29.9. The molecule has 0 amide bonds. The highest BCUT2D eigenvalue weighted by molar-refractivity contribution is 6.00. The van der Waals surface area contributed by atoms with Crippen LogP contribution in [0.1, 0.15) is 80.7 Å². The SMILES string of the molecule is C1=CCC2Oc3cc(-c4cccc5c6c(n(C7C=CCCC7)c45)C=CCC6)ccc3C3(C2=C1)C1C=CC=CC1OC1CCC(C2=CCCC=C2)=CC13. The van der Waals surface area contributed by atoms with E-state index in [9.17, 15) is 0 Å². The van der Waals surface area contributed by atoms with Crippen molar-refractivity contribution in [2.75, 3.05) is 0 Å². The number of benzene rings is 2. The lowest BCUT2D eigenvalue weighted by Crippen LogP contribution is -2.61. The van der Waals surface area contributed by atoms with Crippen LogP contribution in [0.15, 0.2) is 138 Å². The first-order valence-corrected chi connectivity index (χ1v) is 20.0. The van der Waals surface area contributed by atoms with E-state index in [2.05, 4.69) is 132 Å². The first-order chi connectivity index (χ1) is 25.8. The summed E-state index contributed by atoms with van der Waals surface area (Å²) in [6.45, 7) is 0. The summed E-state index contributed by atoms with van der Waals surface area (Å²) in [4.78, 5) is 0. The van der Waals surface area contributed by atoms with Crippen molar-refractivity contribution in [3.05, 3.63) is 155 Å². The summed E-state index contributed by atoms with van der Waals surface area (Å²) in [6.07, 6.45) is 46.9. The molecule has 2 aromatic carbocycles. The summed E-state index contributed by atoms with van der Waals surface area (Å²) in [5, 5.41) is 1.41. The van der Waals surface area contributed by atoms with Crippen LogP contribution in [0.3, 0.4) is 0 Å². The van der Waals surface area contributed by atoms with Crippen LogP contribution in [0.5, 0.6) is 5.75 Å². The van der Waals surface area contributed by atoms with E-state index in [0.717, 1.165) is 50.7 Å². The van der Waals surface area contributed by atoms with Gasteiger partial charge in [0.25, 0.3) is 0 Å². The van der Waals surface area contributed by atoms with Crippen molar-refractivity contribution in [2.45, 2.75) is 94.0 Å². The highest BCUT2D eigenvalue weighted by Gasteiger charge is 2.61. The first kappa shape index (κ1) is 31.0. The van der Waals surface area contributed by atoms with Gasteiger partial charge in [0.2, 0.25) is 0 Å². The molecular formula is C49H47NO2. The zero-order chi connectivity index (χ0) is 34.2. The Morgan fingerprint density at radius 3 is 2.69 bits per heavy atom. The Bertz CT molecular complexity index is 2260. The number of ether oxygens (including phenoxy) is 2. The molecule has 7 unspecified atom stereocenters. The molecule has 8 aliphatic rings. The average Bonchev–Trinajstić information content (AvgIpc) is 3.56. The molecule has 6 aliphatic carbocycles. The molecular weight excluding hydrogens is 635 g/mol. The van der Waals surface area contributed by atoms with E-state index in [0.29, 0.717) is 6.04 Å². The molecule has 3 nitrogen and oxygen atoms in total. The monoisotopic (exact) mass is 681 g/mol. The highest BCUT2D eigenvalue weighted by atomic mass is 16.5. The minimum atomic E-state index is -0.274. The van der Waals surface area contributed by atoms with Gasteiger partial charge in [0.1, 0.15) is 11.9 Å². The van der Waals surface area contributed by atoms with Crippen LogP contribution >= 0.6 is 0 Å². The van der Waals surface area contributed by atoms with E-state index in [1.54, 1.807) is 0 Å². The third kappa shape index (κ3) is 4.54. The molecule has 3 heteroatoms. The van der Waals surface area contributed by atoms with Gasteiger partial charge in [-0.05, 0) is 97.8 Å². The Hall–Kier alpha value is -4.60. The van der Waals surface area contributed by atoms with Gasteiger partial charge in [-0.15, -0.1) is 0 Å². The van der Waals surface area contributed by atoms with Crippen LogP contribution in [0.25, 0.3) is 28.1 Å². The Labute approximate surface area is 307 Å². The van der Waals surface area contributed by atoms with Crippen LogP contribution in [0, 0.1) is 11.8 Å². The quantitative estimate of drug-likeness (QED) is 0.257. The van der Waals surface area contributed by atoms with E-state index < -0.39 is 0 Å². The maximum Gasteiger partial charge on any atom is 0.125 e. The molecule has 3 aromatic rings. The van der Waals surface area contributed by atoms with Crippen molar-refractivity contribution in [3.8, 4) is 16.9 Å². The molecule has 3 heterocycles. The summed E-state index contributed by atoms with van der Waals surface area (Å²) in [7, 11) is 0. The third-order valence-corrected chi connectivity index (χ3v) is 13.5. The first-order valence-electron chi connectivity index (χ1n) is 20.0. The second-order valence-corrected chi connectivity index (χ2v) is 16.1. The Morgan fingerprint density at radius 2 is 1.77 bits per heavy atom. The van der Waals surface area contributed by atoms with E-state index >= 15 is 0 Å². The van der Waals surface area contributed by atoms with E-state index in [1.807, 2.05) is 0 Å². The predicted molar refractivity (Wildman–Crippen MR) is 212 cm³/mol. The van der Waals surface area contributed by atoms with E-state index in [1.165, 1.54) is 74.8 Å². The van der Waals surface area contributed by atoms with Crippen molar-refractivity contribution in [2.24, 2.45) is 11.8 Å². The minimum Gasteiger partial charge on any atom is -0.485 e. The maximum absolute atomic E-state index is 7.19. The lowest BCUT2D eigenvalue weighted by Gasteiger charge is -2.60. The van der Waals surface area contributed by atoms with Crippen LogP contribution in [0.2, 0.25) is 0 Å². The van der Waals surface area contributed by atoms with E-state index in [-0.39, 0.29) is 35.6 Å². The lowest BCUT2D eigenvalue weighted by molar-refractivity contribution is -0.116. The fraction of sp³-hybridized carbons (Fsp3) is 0.347. The maximum atomic E-state index is 7.19. The topological polar surface area (TPSA) is 23.4 Å². The summed E-state index contributed by atoms with van der Waals surface area (Å²) in [5.74, 6) is 1.43. The van der Waals surface area contributed by atoms with Crippen molar-refractivity contribution in [1.29, 1.82) is 0 Å². The van der Waals surface area contributed by atoms with Crippen molar-refractivity contribution in [3.63, 3.8) is 0 Å². The number of aromatic nitrogens is 1. The van der Waals surface area contributed by atoms with Crippen LogP contribution in [-0.4, -0.2) is 22.9 Å². The number of rotatable bonds is 3. The van der Waals surface area contributed by atoms with Crippen LogP contribution < -0.4 is 4.74 Å². The molecule has 7 atom stereocenters. The van der Waals surface area contributed by atoms with Gasteiger partial charge >= 0.3 is 0 Å². The Balaban J connectivity index is 1.13. The number of para-hydroxylation sites is 1. The summed E-state index contributed by atoms with van der Waals surface area (Å²) in [5.41, 5.74) is 12.2. The van der Waals surface area contributed by atoms with Crippen molar-refractivity contribution in [1.82, 2.24) is 4.57 Å². The standard InChI is InChI=1S/C49H47NO2/c1-3-14-32(15-4-1)33-27-29-46-42(30-33)49(39-21-8-11-24-44(39)51-46)40-22-9-12-25-45(40)52-47-31-34(26-28-41(47)49)36-19-13-20-38-37-18-7-10-23-43(37)50(48(36)38)35-16-5-2-6-17-35/h3,5,8-16,19-24,26,28,30-31,35,39,42,44-46H,1-2,4,6-7,17-18,25,27,29H2. The second kappa shape index (κ2) is 12.2. The molecule has 0 saturated carbocycles. The van der Waals surface area contributed by atoms with Gasteiger partial charge in [-0.1, -0.05) is 115 Å². The molecule has 52 heavy (non-hydrogen) atoms. The smallest absolute Gasteiger partial charge is 0.125 e. The predicted octanol–water partition coefficient (Wildman–Crippen LogP) is 11.6. The summed E-state index contributed by atoms with van der Waals surface area (Å²) in [6, 6.07) is 14.7. The largest absolute Gasteiger partial charge is 0.485 e. The van der Waals surface area contributed by atoms with Crippen LogP contribution in [-0.2, 0) is 16.6 Å². The van der Waals surface area contributed by atoms with Gasteiger partial charge in [-0.2, -0.15) is 0 Å². The summed E-state index contributed by atoms with van der Waals surface area (Å²) < 4.78 is 17.0. The number of allylic oxidation sites excluding steroid dienone is 12. The molecule has 1 spiro atoms. The molecule has 1 aromatic heterocycles. The van der Waals surface area contributed by atoms with Gasteiger partial charge in [-0.25, -0.2) is 0 Å². The number of aryl methyl sites for hydroxylation is 1. The Kier molecular flexibility index (Phi) is 7.29. The average molecular weight is 682 g/mol. The molecule has 1 fully saturated rings. The minimum absolute atomic E-state index is 0.00325. The lowest BCUT2D eigenvalue weighted by atomic mass is 9.50. The molecule has 260 valence electrons. The molecule has 0 bridgehead atoms. The fourth-order valence-corrected chi connectivity index (χ4v) is 11.3. The molecule has 0 N–H and O–H groups in total. The highest BCUT2D eigenvalue weighted by Crippen LogP contribution is 2.62. The molecule has 2 aliphatic heterocycles. The normalized spacial score (nSPS) is 32.3. The van der Waals surface area contributed by atoms with Gasteiger partial charge in [0.05, 0.1) is 23.8 Å². The van der Waals surface area contributed by atoms with Gasteiger partial charge in [0.15, 0.2) is 0 Å². The second-order valence-electron chi connectivity index (χ2n) is 16.1. The van der Waals surface area contributed by atoms with Gasteiger partial charge in [-0.3, -0.25) is 0 Å². The molecule has 0 radical (unpaired) electrons. The third-order valence-electron chi connectivity index (χ3n) is 13.5. The molecule has 1 saturated heterocycles. The van der Waals surface area contributed by atoms with Crippen LogP contribution in [0.4, 0.5) is 0 Å². The Morgan fingerprint density at radius 1 is 0.808 bits per heavy atom. The number of hydrogen-bond donors (Lipinski definition) is 0. The van der Waals surface area contributed by atoms with Gasteiger partial charge < -0.3 is 14.0 Å². The summed E-state index contributed by atoms with van der Waals surface area (Å²) >= 11 is 0. The number of nitrogens with zero attached hydrogens (tertiary/aromatic N) is 1. The number of fused-ring (bicyclic) bond motifs is 11. The van der Waals surface area contributed by atoms with Crippen molar-refractivity contribution < 1.29 is 9.47 Å². The fourth-order valence-electron chi connectivity index (χ4n) is 11.3.